The molecule has 0 spiro atoms. The molecule has 10 nitrogen and oxygen atoms in total. The van der Waals surface area contributed by atoms with E-state index in [1.807, 2.05) is 49.6 Å². The van der Waals surface area contributed by atoms with Crippen LogP contribution >= 0.6 is 23.1 Å². The van der Waals surface area contributed by atoms with E-state index in [-0.39, 0.29) is 24.1 Å². The minimum atomic E-state index is -1.09. The molecule has 12 heteroatoms. The highest BCUT2D eigenvalue weighted by Gasteiger charge is 2.47. The molecule has 2 heterocycles. The van der Waals surface area contributed by atoms with Crippen molar-refractivity contribution in [3.63, 3.8) is 0 Å². The molecule has 2 aromatic heterocycles. The van der Waals surface area contributed by atoms with Crippen molar-refractivity contribution in [1.82, 2.24) is 19.9 Å². The maximum atomic E-state index is 14.4. The van der Waals surface area contributed by atoms with Crippen molar-refractivity contribution in [2.45, 2.75) is 63.2 Å². The summed E-state index contributed by atoms with van der Waals surface area (Å²) in [5.74, 6) is 1.51. The van der Waals surface area contributed by atoms with Crippen LogP contribution in [0.2, 0.25) is 0 Å². The second-order valence-corrected chi connectivity index (χ2v) is 13.1. The number of methoxy groups -OCH3 is 3. The summed E-state index contributed by atoms with van der Waals surface area (Å²) in [6, 6.07) is 14.9. The number of ether oxygens (including phenoxy) is 3. The van der Waals surface area contributed by atoms with Gasteiger partial charge in [-0.25, -0.2) is 15.0 Å². The van der Waals surface area contributed by atoms with Gasteiger partial charge in [0.05, 0.1) is 45.0 Å². The molecule has 0 atom stereocenters. The molecule has 1 saturated carbocycles. The quantitative estimate of drug-likeness (QED) is 0.131. The lowest BCUT2D eigenvalue weighted by molar-refractivity contribution is -0.146. The second-order valence-electron chi connectivity index (χ2n) is 11.2. The molecule has 0 bridgehead atoms. The van der Waals surface area contributed by atoms with Crippen molar-refractivity contribution in [1.29, 1.82) is 0 Å². The first-order chi connectivity index (χ1) is 22.2. The van der Waals surface area contributed by atoms with Gasteiger partial charge in [0, 0.05) is 28.4 Å². The molecule has 1 aliphatic rings. The smallest absolute Gasteiger partial charge is 0.250 e. The Hall–Kier alpha value is -4.16. The Morgan fingerprint density at radius 3 is 2.22 bits per heavy atom. The number of rotatable bonds is 12. The van der Waals surface area contributed by atoms with Gasteiger partial charge in [0.1, 0.15) is 27.8 Å². The fraction of sp³-hybridized carbons (Fsp3) is 0.382. The van der Waals surface area contributed by atoms with Crippen LogP contribution in [0.15, 0.2) is 59.1 Å². The third-order valence-electron chi connectivity index (χ3n) is 8.10. The molecule has 2 aromatic carbocycles. The van der Waals surface area contributed by atoms with Gasteiger partial charge in [-0.15, -0.1) is 11.3 Å². The first-order valence-electron chi connectivity index (χ1n) is 15.1. The van der Waals surface area contributed by atoms with Crippen molar-refractivity contribution < 1.29 is 23.8 Å². The van der Waals surface area contributed by atoms with Crippen molar-refractivity contribution >= 4 is 40.6 Å². The summed E-state index contributed by atoms with van der Waals surface area (Å²) >= 11 is 2.76. The Labute approximate surface area is 277 Å². The normalized spacial score (nSPS) is 13.9. The van der Waals surface area contributed by atoms with Gasteiger partial charge in [0.2, 0.25) is 11.8 Å². The van der Waals surface area contributed by atoms with Gasteiger partial charge in [-0.2, -0.15) is 0 Å². The first kappa shape index (κ1) is 33.2. The minimum absolute atomic E-state index is 0.0838. The molecule has 46 heavy (non-hydrogen) atoms. The van der Waals surface area contributed by atoms with Crippen LogP contribution in [-0.2, 0) is 16.1 Å². The highest BCUT2D eigenvalue weighted by atomic mass is 32.2. The van der Waals surface area contributed by atoms with E-state index in [1.54, 1.807) is 44.4 Å². The number of aromatic nitrogens is 3. The van der Waals surface area contributed by atoms with E-state index in [1.165, 1.54) is 23.1 Å². The first-order valence-corrected chi connectivity index (χ1v) is 17.0. The van der Waals surface area contributed by atoms with Crippen LogP contribution in [0.3, 0.4) is 0 Å². The summed E-state index contributed by atoms with van der Waals surface area (Å²) in [5, 5.41) is 6.36. The Balaban J connectivity index is 1.48. The summed E-state index contributed by atoms with van der Waals surface area (Å²) in [4.78, 5) is 44.4. The van der Waals surface area contributed by atoms with E-state index in [0.717, 1.165) is 52.7 Å². The molecule has 1 fully saturated rings. The summed E-state index contributed by atoms with van der Waals surface area (Å²) in [6.07, 6.45) is 3.69. The average molecular weight is 662 g/mol. The summed E-state index contributed by atoms with van der Waals surface area (Å²) in [5.41, 5.74) is 2.85. The minimum Gasteiger partial charge on any atom is -0.497 e. The maximum Gasteiger partial charge on any atom is 0.250 e. The number of hydrogen-bond donors (Lipinski definition) is 1. The van der Waals surface area contributed by atoms with Crippen LogP contribution < -0.4 is 19.5 Å². The number of thiazole rings is 1. The monoisotopic (exact) mass is 661 g/mol. The number of carbonyl (C=O) groups is 2. The van der Waals surface area contributed by atoms with Crippen LogP contribution in [-0.4, -0.2) is 64.3 Å². The number of benzene rings is 2. The second kappa shape index (κ2) is 15.0. The maximum absolute atomic E-state index is 14.4. The number of thioether (sulfide) groups is 1. The van der Waals surface area contributed by atoms with Gasteiger partial charge in [-0.1, -0.05) is 31.0 Å². The van der Waals surface area contributed by atoms with E-state index in [2.05, 4.69) is 15.3 Å². The molecule has 1 aliphatic carbocycles. The lowest BCUT2D eigenvalue weighted by atomic mass is 9.79. The van der Waals surface area contributed by atoms with Gasteiger partial charge in [-0.3, -0.25) is 9.59 Å². The molecule has 0 radical (unpaired) electrons. The topological polar surface area (TPSA) is 116 Å². The number of nitrogens with zero attached hydrogens (tertiary/aromatic N) is 4. The van der Waals surface area contributed by atoms with Crippen molar-refractivity contribution in [2.75, 3.05) is 32.4 Å². The lowest BCUT2D eigenvalue weighted by Crippen LogP contribution is -2.60. The third-order valence-corrected chi connectivity index (χ3v) is 9.76. The molecule has 0 unspecified atom stereocenters. The van der Waals surface area contributed by atoms with E-state index in [0.29, 0.717) is 35.2 Å². The van der Waals surface area contributed by atoms with Gasteiger partial charge in [0.15, 0.2) is 5.16 Å². The van der Waals surface area contributed by atoms with Gasteiger partial charge in [0.25, 0.3) is 0 Å². The Kier molecular flexibility index (Phi) is 10.8. The number of carbonyl (C=O) groups excluding carboxylic acids is 2. The van der Waals surface area contributed by atoms with Crippen molar-refractivity contribution in [3.8, 4) is 28.5 Å². The lowest BCUT2D eigenvalue weighted by Gasteiger charge is -2.44. The molecule has 0 saturated heterocycles. The van der Waals surface area contributed by atoms with E-state index in [9.17, 15) is 9.59 Å². The number of amides is 2. The zero-order valence-corrected chi connectivity index (χ0v) is 28.4. The molecule has 5 rings (SSSR count). The highest BCUT2D eigenvalue weighted by Crippen LogP contribution is 2.39. The molecular weight excluding hydrogens is 623 g/mol. The third kappa shape index (κ3) is 7.61. The number of aryl methyl sites for hydroxylation is 2. The molecule has 0 aliphatic heterocycles. The fourth-order valence-electron chi connectivity index (χ4n) is 5.75. The van der Waals surface area contributed by atoms with Crippen LogP contribution in [0.4, 0.5) is 5.69 Å². The van der Waals surface area contributed by atoms with Crippen molar-refractivity contribution in [3.05, 3.63) is 70.3 Å². The summed E-state index contributed by atoms with van der Waals surface area (Å²) < 4.78 is 16.2. The predicted octanol–water partition coefficient (Wildman–Crippen LogP) is 6.71. The Morgan fingerprint density at radius 2 is 1.57 bits per heavy atom. The average Bonchev–Trinajstić information content (AvgIpc) is 3.55. The number of anilines is 1. The van der Waals surface area contributed by atoms with Crippen LogP contribution in [0.25, 0.3) is 11.3 Å². The number of hydrogen-bond acceptors (Lipinski definition) is 10. The Morgan fingerprint density at radius 1 is 0.891 bits per heavy atom. The van der Waals surface area contributed by atoms with E-state index in [4.69, 9.17) is 19.2 Å². The Bertz CT molecular complexity index is 1650. The van der Waals surface area contributed by atoms with Crippen molar-refractivity contribution in [2.24, 2.45) is 0 Å². The molecular formula is C34H39N5O5S2. The fourth-order valence-corrected chi connectivity index (χ4v) is 7.37. The summed E-state index contributed by atoms with van der Waals surface area (Å²) in [7, 11) is 4.76. The SMILES string of the molecule is COc1ccc(-c2csc(CN(C(=O)CSc3nc(C)cc(C)n3)C3(C(=O)Nc4ccc(OC)cc4OC)CCCCC3)n2)cc1. The van der Waals surface area contributed by atoms with Crippen LogP contribution in [0.1, 0.15) is 48.5 Å². The summed E-state index contributed by atoms with van der Waals surface area (Å²) in [6.45, 7) is 4.01. The zero-order valence-electron chi connectivity index (χ0n) is 26.8. The molecule has 1 N–H and O–H groups in total. The van der Waals surface area contributed by atoms with Crippen LogP contribution in [0, 0.1) is 13.8 Å². The number of nitrogens with one attached hydrogen (secondary N) is 1. The van der Waals surface area contributed by atoms with Gasteiger partial charge < -0.3 is 24.4 Å². The van der Waals surface area contributed by atoms with Gasteiger partial charge >= 0.3 is 0 Å². The largest absolute Gasteiger partial charge is 0.497 e. The van der Waals surface area contributed by atoms with E-state index >= 15 is 0 Å². The van der Waals surface area contributed by atoms with E-state index < -0.39 is 5.54 Å². The molecule has 242 valence electrons. The molecule has 2 amide bonds. The van der Waals surface area contributed by atoms with Gasteiger partial charge in [-0.05, 0) is 69.2 Å². The molecule has 4 aromatic rings. The standard InChI is InChI=1S/C34H39N5O5S2/c1-22-17-23(2)36-33(35-22)46-21-31(40)39(19-30-37-28(20-45-30)24-9-11-25(42-3)12-10-24)34(15-7-6-8-16-34)32(41)38-27-14-13-26(43-4)18-29(27)44-5/h9-14,17-18,20H,6-8,15-16,19,21H2,1-5H3,(H,38,41). The highest BCUT2D eigenvalue weighted by molar-refractivity contribution is 7.99. The van der Waals surface area contributed by atoms with Crippen LogP contribution in [0.5, 0.6) is 17.2 Å². The predicted molar refractivity (Wildman–Crippen MR) is 181 cm³/mol. The zero-order chi connectivity index (χ0) is 32.7.